The highest BCUT2D eigenvalue weighted by atomic mass is 35.5. The molecule has 0 aliphatic heterocycles. The van der Waals surface area contributed by atoms with Crippen molar-refractivity contribution in [3.05, 3.63) is 57.4 Å². The van der Waals surface area contributed by atoms with E-state index in [9.17, 15) is 18.5 Å². The third kappa shape index (κ3) is 3.29. The van der Waals surface area contributed by atoms with Crippen molar-refractivity contribution in [2.75, 3.05) is 4.72 Å². The Bertz CT molecular complexity index is 794. The van der Waals surface area contributed by atoms with Gasteiger partial charge in [-0.2, -0.15) is 0 Å². The summed E-state index contributed by atoms with van der Waals surface area (Å²) in [5.41, 5.74) is 0.102. The number of sulfonamides is 1. The maximum Gasteiger partial charge on any atom is 0.289 e. The van der Waals surface area contributed by atoms with Gasteiger partial charge < -0.3 is 0 Å². The van der Waals surface area contributed by atoms with Crippen LogP contribution < -0.4 is 4.72 Å². The number of anilines is 1. The number of hydrogen-bond donors (Lipinski definition) is 1. The molecule has 110 valence electrons. The topological polar surface area (TPSA) is 102 Å². The van der Waals surface area contributed by atoms with Crippen LogP contribution in [0.25, 0.3) is 0 Å². The maximum atomic E-state index is 12.3. The van der Waals surface area contributed by atoms with Crippen LogP contribution in [0.15, 0.2) is 41.6 Å². The fourth-order valence-corrected chi connectivity index (χ4v) is 3.28. The second-order valence-corrected chi connectivity index (χ2v) is 6.23. The van der Waals surface area contributed by atoms with Crippen molar-refractivity contribution in [2.24, 2.45) is 0 Å². The molecule has 0 amide bonds. The van der Waals surface area contributed by atoms with Gasteiger partial charge in [-0.3, -0.25) is 19.8 Å². The molecule has 2 rings (SSSR count). The van der Waals surface area contributed by atoms with Gasteiger partial charge in [0.05, 0.1) is 21.7 Å². The van der Waals surface area contributed by atoms with Gasteiger partial charge >= 0.3 is 0 Å². The van der Waals surface area contributed by atoms with Gasteiger partial charge in [0, 0.05) is 12.3 Å². The Morgan fingerprint density at radius 2 is 2.10 bits per heavy atom. The van der Waals surface area contributed by atoms with Crippen molar-refractivity contribution in [3.8, 4) is 0 Å². The largest absolute Gasteiger partial charge is 0.289 e. The molecule has 0 saturated heterocycles. The lowest BCUT2D eigenvalue weighted by Gasteiger charge is -2.10. The van der Waals surface area contributed by atoms with Crippen LogP contribution in [0.3, 0.4) is 0 Å². The summed E-state index contributed by atoms with van der Waals surface area (Å²) in [5, 5.41) is 10.8. The van der Waals surface area contributed by atoms with Crippen molar-refractivity contribution in [2.45, 2.75) is 11.8 Å². The average molecular weight is 328 g/mol. The molecule has 0 fully saturated rings. The predicted octanol–water partition coefficient (Wildman–Crippen LogP) is 2.75. The number of rotatable bonds is 4. The molecule has 1 N–H and O–H groups in total. The number of nitrogens with one attached hydrogen (secondary N) is 1. The molecule has 0 unspecified atom stereocenters. The molecule has 9 heteroatoms. The summed E-state index contributed by atoms with van der Waals surface area (Å²) in [6.07, 6.45) is 2.83. The van der Waals surface area contributed by atoms with Crippen molar-refractivity contribution in [1.29, 1.82) is 0 Å². The van der Waals surface area contributed by atoms with Crippen LogP contribution >= 0.6 is 11.6 Å². The highest BCUT2D eigenvalue weighted by molar-refractivity contribution is 7.92. The molecule has 0 spiro atoms. The van der Waals surface area contributed by atoms with Crippen molar-refractivity contribution < 1.29 is 13.3 Å². The summed E-state index contributed by atoms with van der Waals surface area (Å²) in [5.74, 6) is 0. The van der Waals surface area contributed by atoms with Gasteiger partial charge in [-0.15, -0.1) is 0 Å². The number of aryl methyl sites for hydroxylation is 1. The number of nitro groups is 1. The second kappa shape index (κ2) is 5.66. The van der Waals surface area contributed by atoms with Gasteiger partial charge in [-0.05, 0) is 30.7 Å². The van der Waals surface area contributed by atoms with E-state index in [-0.39, 0.29) is 15.6 Å². The monoisotopic (exact) mass is 327 g/mol. The third-order valence-electron chi connectivity index (χ3n) is 2.64. The van der Waals surface area contributed by atoms with Gasteiger partial charge in [0.15, 0.2) is 0 Å². The lowest BCUT2D eigenvalue weighted by atomic mass is 10.2. The SMILES string of the molecule is Cc1cc(Cl)c([N+](=O)[O-])cc1S(=O)(=O)Nc1cccnc1. The molecule has 0 atom stereocenters. The first kappa shape index (κ1) is 15.2. The van der Waals surface area contributed by atoms with Crippen LogP contribution in [-0.4, -0.2) is 18.3 Å². The zero-order valence-corrected chi connectivity index (χ0v) is 12.4. The van der Waals surface area contributed by atoms with Crippen molar-refractivity contribution >= 4 is 33.0 Å². The minimum Gasteiger partial charge on any atom is -0.278 e. The molecule has 0 aliphatic rings. The second-order valence-electron chi connectivity index (χ2n) is 4.17. The van der Waals surface area contributed by atoms with Crippen LogP contribution in [0, 0.1) is 17.0 Å². The van der Waals surface area contributed by atoms with E-state index in [1.165, 1.54) is 31.5 Å². The molecular weight excluding hydrogens is 318 g/mol. The standard InChI is InChI=1S/C12H10ClN3O4S/c1-8-5-10(13)11(16(17)18)6-12(8)21(19,20)15-9-3-2-4-14-7-9/h2-7,15H,1H3. The summed E-state index contributed by atoms with van der Waals surface area (Å²) in [6.45, 7) is 1.51. The smallest absolute Gasteiger partial charge is 0.278 e. The van der Waals surface area contributed by atoms with Crippen LogP contribution in [-0.2, 0) is 10.0 Å². The molecule has 1 aromatic carbocycles. The van der Waals surface area contributed by atoms with E-state index >= 15 is 0 Å². The first-order chi connectivity index (χ1) is 9.81. The number of pyridine rings is 1. The normalized spacial score (nSPS) is 11.1. The predicted molar refractivity (Wildman–Crippen MR) is 77.9 cm³/mol. The minimum absolute atomic E-state index is 0.113. The number of aromatic nitrogens is 1. The van der Waals surface area contributed by atoms with Gasteiger partial charge in [-0.25, -0.2) is 8.42 Å². The summed E-state index contributed by atoms with van der Waals surface area (Å²) in [7, 11) is -3.97. The molecule has 21 heavy (non-hydrogen) atoms. The highest BCUT2D eigenvalue weighted by Gasteiger charge is 2.23. The molecule has 0 saturated carbocycles. The van der Waals surface area contributed by atoms with Crippen molar-refractivity contribution in [3.63, 3.8) is 0 Å². The molecule has 1 heterocycles. The number of benzene rings is 1. The van der Waals surface area contributed by atoms with Crippen LogP contribution in [0.1, 0.15) is 5.56 Å². The minimum atomic E-state index is -3.97. The average Bonchev–Trinajstić information content (AvgIpc) is 2.38. The number of hydrogen-bond acceptors (Lipinski definition) is 5. The van der Waals surface area contributed by atoms with Crippen molar-refractivity contribution in [1.82, 2.24) is 4.98 Å². The third-order valence-corrected chi connectivity index (χ3v) is 4.47. The van der Waals surface area contributed by atoms with Gasteiger partial charge in [0.25, 0.3) is 15.7 Å². The van der Waals surface area contributed by atoms with E-state index in [4.69, 9.17) is 11.6 Å². The first-order valence-electron chi connectivity index (χ1n) is 5.68. The maximum absolute atomic E-state index is 12.3. The molecule has 0 aliphatic carbocycles. The molecule has 7 nitrogen and oxygen atoms in total. The van der Waals surface area contributed by atoms with E-state index in [0.29, 0.717) is 5.56 Å². The first-order valence-corrected chi connectivity index (χ1v) is 7.55. The molecule has 1 aromatic heterocycles. The Hall–Kier alpha value is -2.19. The van der Waals surface area contributed by atoms with E-state index in [2.05, 4.69) is 9.71 Å². The Balaban J connectivity index is 2.50. The Morgan fingerprint density at radius 1 is 1.38 bits per heavy atom. The fraction of sp³-hybridized carbons (Fsp3) is 0.0833. The quantitative estimate of drug-likeness (QED) is 0.687. The lowest BCUT2D eigenvalue weighted by molar-refractivity contribution is -0.384. The Labute approximate surface area is 125 Å². The van der Waals surface area contributed by atoms with Crippen LogP contribution in [0.2, 0.25) is 5.02 Å². The van der Waals surface area contributed by atoms with E-state index in [0.717, 1.165) is 6.07 Å². The Morgan fingerprint density at radius 3 is 2.67 bits per heavy atom. The fourth-order valence-electron chi connectivity index (χ4n) is 1.70. The zero-order valence-electron chi connectivity index (χ0n) is 10.8. The number of nitrogens with zero attached hydrogens (tertiary/aromatic N) is 2. The van der Waals surface area contributed by atoms with Gasteiger partial charge in [0.2, 0.25) is 0 Å². The summed E-state index contributed by atoms with van der Waals surface area (Å²) >= 11 is 5.74. The van der Waals surface area contributed by atoms with E-state index < -0.39 is 20.6 Å². The molecular formula is C12H10ClN3O4S. The number of nitro benzene ring substituents is 1. The van der Waals surface area contributed by atoms with Gasteiger partial charge in [0.1, 0.15) is 5.02 Å². The Kier molecular flexibility index (Phi) is 4.10. The summed E-state index contributed by atoms with van der Waals surface area (Å²) in [6, 6.07) is 5.27. The molecule has 0 radical (unpaired) electrons. The highest BCUT2D eigenvalue weighted by Crippen LogP contribution is 2.30. The molecule has 0 bridgehead atoms. The van der Waals surface area contributed by atoms with Crippen LogP contribution in [0.5, 0.6) is 0 Å². The van der Waals surface area contributed by atoms with E-state index in [1.54, 1.807) is 6.07 Å². The van der Waals surface area contributed by atoms with E-state index in [1.807, 2.05) is 0 Å². The lowest BCUT2D eigenvalue weighted by Crippen LogP contribution is -2.14. The number of halogens is 1. The summed E-state index contributed by atoms with van der Waals surface area (Å²) in [4.78, 5) is 13.7. The van der Waals surface area contributed by atoms with Crippen LogP contribution in [0.4, 0.5) is 11.4 Å². The summed E-state index contributed by atoms with van der Waals surface area (Å²) < 4.78 is 26.9. The zero-order chi connectivity index (χ0) is 15.6. The van der Waals surface area contributed by atoms with Gasteiger partial charge in [-0.1, -0.05) is 11.6 Å². The molecule has 2 aromatic rings.